The van der Waals surface area contributed by atoms with Crippen LogP contribution >= 0.6 is 0 Å². The van der Waals surface area contributed by atoms with E-state index < -0.39 is 0 Å². The Kier molecular flexibility index (Phi) is 2.19. The molecule has 0 aromatic carbocycles. The molecule has 4 heteroatoms. The van der Waals surface area contributed by atoms with E-state index in [9.17, 15) is 0 Å². The van der Waals surface area contributed by atoms with Crippen LogP contribution in [0, 0.1) is 13.8 Å². The van der Waals surface area contributed by atoms with Crippen LogP contribution in [0.1, 0.15) is 11.3 Å². The fraction of sp³-hybridized carbons (Fsp3) is 0.273. The zero-order valence-corrected chi connectivity index (χ0v) is 9.15. The maximum atomic E-state index is 5.67. The van der Waals surface area contributed by atoms with Gasteiger partial charge in [0, 0.05) is 18.8 Å². The fourth-order valence-electron chi connectivity index (χ4n) is 1.71. The maximum Gasteiger partial charge on any atom is 0.0767 e. The van der Waals surface area contributed by atoms with Gasteiger partial charge in [-0.1, -0.05) is 0 Å². The first kappa shape index (κ1) is 9.71. The van der Waals surface area contributed by atoms with Gasteiger partial charge in [0.25, 0.3) is 0 Å². The van der Waals surface area contributed by atoms with Gasteiger partial charge in [-0.05, 0) is 25.5 Å². The zero-order valence-electron chi connectivity index (χ0n) is 9.15. The van der Waals surface area contributed by atoms with E-state index in [0.29, 0.717) is 5.69 Å². The second-order valence-corrected chi connectivity index (χ2v) is 3.74. The second-order valence-electron chi connectivity index (χ2n) is 3.74. The van der Waals surface area contributed by atoms with Crippen molar-refractivity contribution in [1.82, 2.24) is 14.8 Å². The average Bonchev–Trinajstić information content (AvgIpc) is 2.45. The van der Waals surface area contributed by atoms with Gasteiger partial charge in [-0.2, -0.15) is 5.10 Å². The third-order valence-electron chi connectivity index (χ3n) is 2.37. The van der Waals surface area contributed by atoms with E-state index in [1.165, 1.54) is 0 Å². The second kappa shape index (κ2) is 3.38. The van der Waals surface area contributed by atoms with E-state index in [4.69, 9.17) is 5.73 Å². The topological polar surface area (TPSA) is 56.7 Å². The molecule has 0 saturated carbocycles. The molecule has 0 amide bonds. The van der Waals surface area contributed by atoms with Crippen molar-refractivity contribution in [3.8, 4) is 11.3 Å². The van der Waals surface area contributed by atoms with Gasteiger partial charge >= 0.3 is 0 Å². The van der Waals surface area contributed by atoms with Gasteiger partial charge in [0.15, 0.2) is 0 Å². The van der Waals surface area contributed by atoms with Gasteiger partial charge in [0.2, 0.25) is 0 Å². The molecule has 0 saturated heterocycles. The number of anilines is 1. The molecule has 0 aliphatic heterocycles. The molecule has 2 aromatic rings. The Bertz CT molecular complexity index is 499. The van der Waals surface area contributed by atoms with Crippen LogP contribution in [-0.4, -0.2) is 14.8 Å². The predicted molar refractivity (Wildman–Crippen MR) is 60.3 cm³/mol. The minimum atomic E-state index is 0.692. The van der Waals surface area contributed by atoms with E-state index in [2.05, 4.69) is 10.1 Å². The number of nitrogens with zero attached hydrogens (tertiary/aromatic N) is 3. The summed E-state index contributed by atoms with van der Waals surface area (Å²) in [7, 11) is 1.91. The molecule has 0 radical (unpaired) electrons. The van der Waals surface area contributed by atoms with Crippen LogP contribution in [0.25, 0.3) is 11.3 Å². The predicted octanol–water partition coefficient (Wildman–Crippen LogP) is 1.68. The smallest absolute Gasteiger partial charge is 0.0767 e. The van der Waals surface area contributed by atoms with Crippen molar-refractivity contribution in [3.63, 3.8) is 0 Å². The van der Waals surface area contributed by atoms with Crippen molar-refractivity contribution in [3.05, 3.63) is 29.7 Å². The monoisotopic (exact) mass is 202 g/mol. The molecule has 0 aliphatic carbocycles. The van der Waals surface area contributed by atoms with Gasteiger partial charge in [-0.3, -0.25) is 9.67 Å². The highest BCUT2D eigenvalue weighted by molar-refractivity contribution is 5.66. The molecule has 0 fully saturated rings. The molecule has 0 bridgehead atoms. The number of aromatic nitrogens is 3. The van der Waals surface area contributed by atoms with Gasteiger partial charge < -0.3 is 5.73 Å². The minimum absolute atomic E-state index is 0.692. The van der Waals surface area contributed by atoms with Crippen LogP contribution in [0.3, 0.4) is 0 Å². The minimum Gasteiger partial charge on any atom is -0.397 e. The number of hydrogen-bond acceptors (Lipinski definition) is 3. The molecule has 2 aromatic heterocycles. The van der Waals surface area contributed by atoms with Crippen LogP contribution in [0.2, 0.25) is 0 Å². The molecule has 0 aliphatic rings. The van der Waals surface area contributed by atoms with Gasteiger partial charge in [0.1, 0.15) is 0 Å². The first-order valence-electron chi connectivity index (χ1n) is 4.80. The average molecular weight is 202 g/mol. The van der Waals surface area contributed by atoms with Crippen LogP contribution < -0.4 is 5.73 Å². The van der Waals surface area contributed by atoms with Crippen LogP contribution in [-0.2, 0) is 7.05 Å². The lowest BCUT2D eigenvalue weighted by atomic mass is 10.1. The molecule has 2 rings (SSSR count). The molecule has 0 unspecified atom stereocenters. The van der Waals surface area contributed by atoms with E-state index in [1.807, 2.05) is 33.2 Å². The van der Waals surface area contributed by atoms with Crippen molar-refractivity contribution in [2.75, 3.05) is 5.73 Å². The number of rotatable bonds is 1. The molecular weight excluding hydrogens is 188 g/mol. The van der Waals surface area contributed by atoms with Crippen LogP contribution in [0.15, 0.2) is 18.5 Å². The zero-order chi connectivity index (χ0) is 11.0. The Balaban J connectivity index is 2.59. The van der Waals surface area contributed by atoms with Crippen molar-refractivity contribution in [2.45, 2.75) is 13.8 Å². The first-order valence-corrected chi connectivity index (χ1v) is 4.80. The van der Waals surface area contributed by atoms with Gasteiger partial charge in [0.05, 0.1) is 23.3 Å². The number of hydrogen-bond donors (Lipinski definition) is 1. The molecule has 15 heavy (non-hydrogen) atoms. The molecular formula is C11H14N4. The summed E-state index contributed by atoms with van der Waals surface area (Å²) in [6, 6.07) is 1.93. The quantitative estimate of drug-likeness (QED) is 0.765. The Morgan fingerprint density at radius 3 is 2.60 bits per heavy atom. The van der Waals surface area contributed by atoms with E-state index in [1.54, 1.807) is 10.9 Å². The number of pyridine rings is 1. The summed E-state index contributed by atoms with van der Waals surface area (Å²) in [5.74, 6) is 0. The maximum absolute atomic E-state index is 5.67. The Morgan fingerprint density at radius 1 is 1.33 bits per heavy atom. The van der Waals surface area contributed by atoms with Crippen molar-refractivity contribution < 1.29 is 0 Å². The van der Waals surface area contributed by atoms with E-state index >= 15 is 0 Å². The molecule has 0 atom stereocenters. The number of nitrogens with two attached hydrogens (primary N) is 1. The molecule has 2 N–H and O–H groups in total. The summed E-state index contributed by atoms with van der Waals surface area (Å²) >= 11 is 0. The summed E-state index contributed by atoms with van der Waals surface area (Å²) < 4.78 is 1.79. The summed E-state index contributed by atoms with van der Waals surface area (Å²) in [4.78, 5) is 4.34. The van der Waals surface area contributed by atoms with Crippen molar-refractivity contribution >= 4 is 5.69 Å². The Labute approximate surface area is 88.8 Å². The highest BCUT2D eigenvalue weighted by atomic mass is 15.2. The van der Waals surface area contributed by atoms with Crippen molar-refractivity contribution in [1.29, 1.82) is 0 Å². The standard InChI is InChI=1S/C11H14N4/c1-7-4-9(12)5-13-11(7)10-6-15(3)14-8(10)2/h4-6H,12H2,1-3H3. The summed E-state index contributed by atoms with van der Waals surface area (Å²) in [5, 5.41) is 4.30. The van der Waals surface area contributed by atoms with Crippen LogP contribution in [0.4, 0.5) is 5.69 Å². The summed E-state index contributed by atoms with van der Waals surface area (Å²) in [5.41, 5.74) is 10.4. The number of aryl methyl sites for hydroxylation is 3. The highest BCUT2D eigenvalue weighted by Crippen LogP contribution is 2.24. The van der Waals surface area contributed by atoms with Gasteiger partial charge in [-0.15, -0.1) is 0 Å². The van der Waals surface area contributed by atoms with Crippen LogP contribution in [0.5, 0.6) is 0 Å². The Hall–Kier alpha value is -1.84. The molecule has 78 valence electrons. The van der Waals surface area contributed by atoms with E-state index in [0.717, 1.165) is 22.5 Å². The highest BCUT2D eigenvalue weighted by Gasteiger charge is 2.09. The molecule has 2 heterocycles. The normalized spacial score (nSPS) is 10.6. The molecule has 4 nitrogen and oxygen atoms in total. The van der Waals surface area contributed by atoms with Gasteiger partial charge in [-0.25, -0.2) is 0 Å². The lowest BCUT2D eigenvalue weighted by Gasteiger charge is -2.03. The first-order chi connectivity index (χ1) is 7.08. The lowest BCUT2D eigenvalue weighted by molar-refractivity contribution is 0.756. The summed E-state index contributed by atoms with van der Waals surface area (Å²) in [6.07, 6.45) is 3.65. The Morgan fingerprint density at radius 2 is 2.07 bits per heavy atom. The van der Waals surface area contributed by atoms with Crippen molar-refractivity contribution in [2.24, 2.45) is 7.05 Å². The third kappa shape index (κ3) is 1.70. The molecule has 0 spiro atoms. The fourth-order valence-corrected chi connectivity index (χ4v) is 1.71. The van der Waals surface area contributed by atoms with E-state index in [-0.39, 0.29) is 0 Å². The largest absolute Gasteiger partial charge is 0.397 e. The lowest BCUT2D eigenvalue weighted by Crippen LogP contribution is -1.92. The summed E-state index contributed by atoms with van der Waals surface area (Å²) in [6.45, 7) is 3.98. The number of nitrogen functional groups attached to an aromatic ring is 1. The third-order valence-corrected chi connectivity index (χ3v) is 2.37. The SMILES string of the molecule is Cc1cc(N)cnc1-c1cn(C)nc1C.